The second-order valence-corrected chi connectivity index (χ2v) is 5.15. The second kappa shape index (κ2) is 6.16. The highest BCUT2D eigenvalue weighted by atomic mass is 19.1. The summed E-state index contributed by atoms with van der Waals surface area (Å²) in [6, 6.07) is 8.84. The van der Waals surface area contributed by atoms with Crippen LogP contribution in [0.4, 0.5) is 10.1 Å². The van der Waals surface area contributed by atoms with E-state index < -0.39 is 11.8 Å². The van der Waals surface area contributed by atoms with E-state index in [9.17, 15) is 14.0 Å². The lowest BCUT2D eigenvalue weighted by atomic mass is 10.0. The minimum absolute atomic E-state index is 0.334. The molecule has 0 saturated carbocycles. The van der Waals surface area contributed by atoms with Gasteiger partial charge in [0.05, 0.1) is 19.8 Å². The zero-order valence-corrected chi connectivity index (χ0v) is 13.1. The summed E-state index contributed by atoms with van der Waals surface area (Å²) in [6.07, 6.45) is 1.56. The van der Waals surface area contributed by atoms with E-state index in [1.807, 2.05) is 0 Å². The Bertz CT molecular complexity index is 873. The van der Waals surface area contributed by atoms with Gasteiger partial charge in [0.2, 0.25) is 0 Å². The number of methoxy groups -OCH3 is 2. The summed E-state index contributed by atoms with van der Waals surface area (Å²) in [7, 11) is 2.76. The average molecular weight is 327 g/mol. The molecule has 24 heavy (non-hydrogen) atoms. The highest BCUT2D eigenvalue weighted by molar-refractivity contribution is 6.35. The van der Waals surface area contributed by atoms with Gasteiger partial charge in [0, 0.05) is 22.4 Å². The molecule has 0 atom stereocenters. The number of rotatable bonds is 3. The summed E-state index contributed by atoms with van der Waals surface area (Å²) in [4.78, 5) is 23.8. The lowest BCUT2D eigenvalue weighted by molar-refractivity contribution is -0.110. The van der Waals surface area contributed by atoms with Crippen LogP contribution < -0.4 is 10.1 Å². The smallest absolute Gasteiger partial charge is 0.337 e. The van der Waals surface area contributed by atoms with Crippen molar-refractivity contribution in [3.8, 4) is 5.75 Å². The molecule has 1 amide bonds. The van der Waals surface area contributed by atoms with Crippen molar-refractivity contribution in [2.45, 2.75) is 0 Å². The number of benzene rings is 2. The van der Waals surface area contributed by atoms with Crippen molar-refractivity contribution in [2.24, 2.45) is 0 Å². The number of fused-ring (bicyclic) bond motifs is 1. The van der Waals surface area contributed by atoms with Crippen LogP contribution in [0, 0.1) is 5.82 Å². The van der Waals surface area contributed by atoms with Gasteiger partial charge in [-0.15, -0.1) is 0 Å². The maximum absolute atomic E-state index is 13.5. The summed E-state index contributed by atoms with van der Waals surface area (Å²) in [6.45, 7) is 0. The first kappa shape index (κ1) is 15.7. The summed E-state index contributed by atoms with van der Waals surface area (Å²) in [5.74, 6) is -0.798. The highest BCUT2D eigenvalue weighted by Gasteiger charge is 2.25. The van der Waals surface area contributed by atoms with Crippen molar-refractivity contribution >= 4 is 29.2 Å². The van der Waals surface area contributed by atoms with E-state index in [1.165, 1.54) is 32.4 Å². The lowest BCUT2D eigenvalue weighted by Crippen LogP contribution is -2.04. The van der Waals surface area contributed by atoms with Gasteiger partial charge in [0.15, 0.2) is 0 Å². The Morgan fingerprint density at radius 3 is 2.67 bits per heavy atom. The largest absolute Gasteiger partial charge is 0.496 e. The fourth-order valence-corrected chi connectivity index (χ4v) is 2.56. The number of ether oxygens (including phenoxy) is 2. The Hall–Kier alpha value is -3.15. The maximum atomic E-state index is 13.5. The Morgan fingerprint density at radius 1 is 1.17 bits per heavy atom. The van der Waals surface area contributed by atoms with Gasteiger partial charge in [-0.25, -0.2) is 9.18 Å². The molecule has 3 rings (SSSR count). The number of amides is 1. The Morgan fingerprint density at radius 2 is 1.96 bits per heavy atom. The quantitative estimate of drug-likeness (QED) is 0.695. The molecule has 2 aromatic rings. The molecule has 0 aliphatic carbocycles. The van der Waals surface area contributed by atoms with Gasteiger partial charge in [0.1, 0.15) is 11.6 Å². The number of carbonyl (C=O) groups excluding carboxylic acids is 2. The van der Waals surface area contributed by atoms with Gasteiger partial charge in [-0.3, -0.25) is 4.79 Å². The van der Waals surface area contributed by atoms with Gasteiger partial charge < -0.3 is 14.8 Å². The van der Waals surface area contributed by atoms with Gasteiger partial charge in [-0.1, -0.05) is 6.07 Å². The number of nitrogens with one attached hydrogen (secondary N) is 1. The number of anilines is 1. The monoisotopic (exact) mass is 327 g/mol. The summed E-state index contributed by atoms with van der Waals surface area (Å²) in [5, 5.41) is 2.69. The van der Waals surface area contributed by atoms with Crippen LogP contribution in [-0.2, 0) is 9.53 Å². The molecule has 1 aliphatic rings. The molecular formula is C18H14FNO4. The summed E-state index contributed by atoms with van der Waals surface area (Å²) >= 11 is 0. The van der Waals surface area contributed by atoms with Crippen LogP contribution in [0.25, 0.3) is 11.6 Å². The number of carbonyl (C=O) groups is 2. The zero-order chi connectivity index (χ0) is 17.3. The van der Waals surface area contributed by atoms with E-state index in [1.54, 1.807) is 24.3 Å². The first-order chi connectivity index (χ1) is 11.5. The minimum atomic E-state index is -0.490. The molecule has 1 heterocycles. The number of halogens is 1. The molecule has 2 aromatic carbocycles. The normalized spacial score (nSPS) is 14.3. The van der Waals surface area contributed by atoms with E-state index in [4.69, 9.17) is 4.74 Å². The predicted octanol–water partition coefficient (Wildman–Crippen LogP) is 3.11. The van der Waals surface area contributed by atoms with Crippen LogP contribution in [0.5, 0.6) is 5.75 Å². The third-order valence-electron chi connectivity index (χ3n) is 3.72. The van der Waals surface area contributed by atoms with Gasteiger partial charge >= 0.3 is 5.97 Å². The van der Waals surface area contributed by atoms with Crippen LogP contribution in [0.15, 0.2) is 36.4 Å². The molecule has 0 radical (unpaired) electrons. The van der Waals surface area contributed by atoms with E-state index in [0.717, 1.165) is 0 Å². The SMILES string of the molecule is COC(=O)c1ccc2c(c1)NC(=O)C2=Cc1cc(F)ccc1OC. The van der Waals surface area contributed by atoms with E-state index in [-0.39, 0.29) is 5.91 Å². The molecule has 5 nitrogen and oxygen atoms in total. The van der Waals surface area contributed by atoms with E-state index in [2.05, 4.69) is 10.1 Å². The van der Waals surface area contributed by atoms with Crippen LogP contribution in [-0.4, -0.2) is 26.1 Å². The fourth-order valence-electron chi connectivity index (χ4n) is 2.56. The van der Waals surface area contributed by atoms with Gasteiger partial charge in [-0.2, -0.15) is 0 Å². The molecule has 0 aromatic heterocycles. The van der Waals surface area contributed by atoms with Crippen molar-refractivity contribution in [2.75, 3.05) is 19.5 Å². The number of esters is 1. The number of hydrogen-bond acceptors (Lipinski definition) is 4. The van der Waals surface area contributed by atoms with Gasteiger partial charge in [-0.05, 0) is 36.4 Å². The number of hydrogen-bond donors (Lipinski definition) is 1. The van der Waals surface area contributed by atoms with Crippen molar-refractivity contribution in [3.05, 3.63) is 58.9 Å². The van der Waals surface area contributed by atoms with Crippen molar-refractivity contribution in [1.29, 1.82) is 0 Å². The second-order valence-electron chi connectivity index (χ2n) is 5.15. The molecule has 0 unspecified atom stereocenters. The first-order valence-corrected chi connectivity index (χ1v) is 7.13. The molecule has 0 fully saturated rings. The molecule has 6 heteroatoms. The molecular weight excluding hydrogens is 313 g/mol. The van der Waals surface area contributed by atoms with Crippen LogP contribution in [0.2, 0.25) is 0 Å². The Kier molecular flexibility index (Phi) is 4.04. The van der Waals surface area contributed by atoms with Gasteiger partial charge in [0.25, 0.3) is 5.91 Å². The Labute approximate surface area is 137 Å². The third-order valence-corrected chi connectivity index (χ3v) is 3.72. The maximum Gasteiger partial charge on any atom is 0.337 e. The molecule has 0 saturated heterocycles. The van der Waals surface area contributed by atoms with E-state index in [0.29, 0.717) is 33.7 Å². The molecule has 0 bridgehead atoms. The summed E-state index contributed by atoms with van der Waals surface area (Å²) in [5.41, 5.74) is 2.28. The standard InChI is InChI=1S/C18H14FNO4/c1-23-16-6-4-12(19)7-11(16)8-14-13-5-3-10(18(22)24-2)9-15(13)20-17(14)21/h3-9H,1-2H3,(H,20,21). The third kappa shape index (κ3) is 2.74. The lowest BCUT2D eigenvalue weighted by Gasteiger charge is -2.06. The van der Waals surface area contributed by atoms with E-state index >= 15 is 0 Å². The average Bonchev–Trinajstić information content (AvgIpc) is 2.89. The minimum Gasteiger partial charge on any atom is -0.496 e. The van der Waals surface area contributed by atoms with Crippen LogP contribution in [0.1, 0.15) is 21.5 Å². The zero-order valence-electron chi connectivity index (χ0n) is 13.1. The van der Waals surface area contributed by atoms with Crippen LogP contribution in [0.3, 0.4) is 0 Å². The van der Waals surface area contributed by atoms with Crippen molar-refractivity contribution in [3.63, 3.8) is 0 Å². The Balaban J connectivity index is 2.07. The summed E-state index contributed by atoms with van der Waals surface area (Å²) < 4.78 is 23.4. The molecule has 1 aliphatic heterocycles. The van der Waals surface area contributed by atoms with Crippen molar-refractivity contribution < 1.29 is 23.5 Å². The molecule has 1 N–H and O–H groups in total. The molecule has 122 valence electrons. The first-order valence-electron chi connectivity index (χ1n) is 7.13. The fraction of sp³-hybridized carbons (Fsp3) is 0.111. The highest BCUT2D eigenvalue weighted by Crippen LogP contribution is 2.35. The molecule has 0 spiro atoms. The predicted molar refractivity (Wildman–Crippen MR) is 87.2 cm³/mol. The topological polar surface area (TPSA) is 64.6 Å². The van der Waals surface area contributed by atoms with Crippen LogP contribution >= 0.6 is 0 Å². The van der Waals surface area contributed by atoms with Crippen molar-refractivity contribution in [1.82, 2.24) is 0 Å².